The summed E-state index contributed by atoms with van der Waals surface area (Å²) in [5.74, 6) is 0.118. The van der Waals surface area contributed by atoms with Crippen molar-refractivity contribution in [1.29, 1.82) is 0 Å². The van der Waals surface area contributed by atoms with Crippen LogP contribution >= 0.6 is 0 Å². The number of hydrogen-bond donors (Lipinski definition) is 1. The lowest BCUT2D eigenvalue weighted by Gasteiger charge is -2.24. The second-order valence-electron chi connectivity index (χ2n) is 6.47. The molecule has 1 aromatic heterocycles. The van der Waals surface area contributed by atoms with Gasteiger partial charge in [-0.15, -0.1) is 0 Å². The van der Waals surface area contributed by atoms with Crippen LogP contribution in [0.1, 0.15) is 18.2 Å². The van der Waals surface area contributed by atoms with Gasteiger partial charge >= 0.3 is 5.69 Å². The minimum absolute atomic E-state index is 0.118. The van der Waals surface area contributed by atoms with Crippen molar-refractivity contribution in [1.82, 2.24) is 13.9 Å². The Hall–Kier alpha value is -1.53. The summed E-state index contributed by atoms with van der Waals surface area (Å²) in [6, 6.07) is 0. The van der Waals surface area contributed by atoms with E-state index in [1.165, 1.54) is 29.3 Å². The quantitative estimate of drug-likeness (QED) is 0.672. The van der Waals surface area contributed by atoms with Gasteiger partial charge in [-0.3, -0.25) is 14.3 Å². The maximum Gasteiger partial charge on any atom is 0.330 e. The van der Waals surface area contributed by atoms with E-state index in [9.17, 15) is 18.0 Å². The van der Waals surface area contributed by atoms with Crippen molar-refractivity contribution in [3.05, 3.63) is 32.6 Å². The number of sulfonamides is 1. The highest BCUT2D eigenvalue weighted by molar-refractivity contribution is 7.89. The van der Waals surface area contributed by atoms with E-state index in [1.54, 1.807) is 6.92 Å². The van der Waals surface area contributed by atoms with Gasteiger partial charge in [0.15, 0.2) is 6.23 Å². The van der Waals surface area contributed by atoms with Gasteiger partial charge in [0.25, 0.3) is 5.56 Å². The molecule has 2 saturated heterocycles. The summed E-state index contributed by atoms with van der Waals surface area (Å²) in [7, 11) is -0.347. The molecule has 1 N–H and O–H groups in total. The molecule has 2 fully saturated rings. The SMILES string of the molecule is CO[C@@H]1[C@H](OC)[C@@H](CN2CCCS2(=O)=O)O[C@H]1n1cc(C)c(=O)[nH]c1=O. The second kappa shape index (κ2) is 7.24. The summed E-state index contributed by atoms with van der Waals surface area (Å²) in [4.78, 5) is 26.1. The monoisotopic (exact) mass is 389 g/mol. The van der Waals surface area contributed by atoms with Crippen molar-refractivity contribution in [2.75, 3.05) is 33.1 Å². The van der Waals surface area contributed by atoms with Gasteiger partial charge in [-0.05, 0) is 13.3 Å². The Morgan fingerprint density at radius 1 is 1.27 bits per heavy atom. The van der Waals surface area contributed by atoms with Gasteiger partial charge < -0.3 is 14.2 Å². The van der Waals surface area contributed by atoms with Gasteiger partial charge in [-0.25, -0.2) is 13.2 Å². The van der Waals surface area contributed by atoms with Crippen LogP contribution in [0, 0.1) is 6.92 Å². The zero-order chi connectivity index (χ0) is 19.1. The van der Waals surface area contributed by atoms with E-state index in [1.807, 2.05) is 0 Å². The lowest BCUT2D eigenvalue weighted by atomic mass is 10.1. The van der Waals surface area contributed by atoms with Crippen LogP contribution in [0.25, 0.3) is 0 Å². The van der Waals surface area contributed by atoms with Gasteiger partial charge in [0.05, 0.1) is 5.75 Å². The first-order chi connectivity index (χ1) is 12.3. The van der Waals surface area contributed by atoms with Crippen LogP contribution in [-0.2, 0) is 24.2 Å². The van der Waals surface area contributed by atoms with Gasteiger partial charge in [0.1, 0.15) is 18.3 Å². The number of H-pyrrole nitrogens is 1. The molecule has 0 amide bonds. The average molecular weight is 389 g/mol. The molecule has 146 valence electrons. The molecule has 26 heavy (non-hydrogen) atoms. The number of aromatic nitrogens is 2. The normalized spacial score (nSPS) is 31.5. The molecule has 0 bridgehead atoms. The second-order valence-corrected chi connectivity index (χ2v) is 8.56. The molecule has 2 aliphatic rings. The molecule has 11 heteroatoms. The molecule has 3 heterocycles. The van der Waals surface area contributed by atoms with Gasteiger partial charge in [-0.1, -0.05) is 0 Å². The highest BCUT2D eigenvalue weighted by Gasteiger charge is 2.48. The fraction of sp³-hybridized carbons (Fsp3) is 0.733. The topological polar surface area (TPSA) is 120 Å². The van der Waals surface area contributed by atoms with Crippen molar-refractivity contribution in [3.8, 4) is 0 Å². The number of ether oxygens (including phenoxy) is 3. The third-order valence-corrected chi connectivity index (χ3v) is 6.76. The first-order valence-electron chi connectivity index (χ1n) is 8.29. The van der Waals surface area contributed by atoms with E-state index in [0.717, 1.165) is 0 Å². The smallest absolute Gasteiger partial charge is 0.330 e. The van der Waals surface area contributed by atoms with Crippen LogP contribution in [0.3, 0.4) is 0 Å². The number of nitrogens with one attached hydrogen (secondary N) is 1. The van der Waals surface area contributed by atoms with E-state index >= 15 is 0 Å². The zero-order valence-electron chi connectivity index (χ0n) is 14.9. The van der Waals surface area contributed by atoms with Gasteiger partial charge in [0.2, 0.25) is 10.0 Å². The Morgan fingerprint density at radius 2 is 1.96 bits per heavy atom. The largest absolute Gasteiger partial charge is 0.376 e. The Kier molecular flexibility index (Phi) is 5.35. The zero-order valence-corrected chi connectivity index (χ0v) is 15.7. The molecule has 1 aromatic rings. The van der Waals surface area contributed by atoms with Crippen LogP contribution in [0.4, 0.5) is 0 Å². The average Bonchev–Trinajstić information content (AvgIpc) is 3.10. The molecule has 3 rings (SSSR count). The fourth-order valence-corrected chi connectivity index (χ4v) is 5.02. The van der Waals surface area contributed by atoms with Crippen LogP contribution in [0.2, 0.25) is 0 Å². The third kappa shape index (κ3) is 3.37. The van der Waals surface area contributed by atoms with E-state index < -0.39 is 45.8 Å². The highest BCUT2D eigenvalue weighted by atomic mass is 32.2. The van der Waals surface area contributed by atoms with Crippen molar-refractivity contribution >= 4 is 10.0 Å². The fourth-order valence-electron chi connectivity index (χ4n) is 3.49. The molecular weight excluding hydrogens is 366 g/mol. The molecule has 0 spiro atoms. The third-order valence-electron chi connectivity index (χ3n) is 4.84. The Morgan fingerprint density at radius 3 is 2.54 bits per heavy atom. The van der Waals surface area contributed by atoms with Crippen LogP contribution in [0.15, 0.2) is 15.8 Å². The molecule has 0 aliphatic carbocycles. The van der Waals surface area contributed by atoms with E-state index in [0.29, 0.717) is 18.5 Å². The molecular formula is C15H23N3O7S. The van der Waals surface area contributed by atoms with E-state index in [-0.39, 0.29) is 12.3 Å². The Labute approximate surface area is 150 Å². The molecule has 0 aromatic carbocycles. The maximum atomic E-state index is 12.2. The van der Waals surface area contributed by atoms with Crippen molar-refractivity contribution in [2.24, 2.45) is 0 Å². The van der Waals surface area contributed by atoms with Gasteiger partial charge in [0, 0.05) is 39.1 Å². The molecule has 0 unspecified atom stereocenters. The van der Waals surface area contributed by atoms with Crippen LogP contribution in [-0.4, -0.2) is 73.6 Å². The first kappa shape index (κ1) is 19.2. The predicted octanol–water partition coefficient (Wildman–Crippen LogP) is -1.19. The molecule has 0 radical (unpaired) electrons. The molecule has 2 aliphatic heterocycles. The lowest BCUT2D eigenvalue weighted by molar-refractivity contribution is -0.0567. The summed E-state index contributed by atoms with van der Waals surface area (Å²) in [5, 5.41) is 0. The number of methoxy groups -OCH3 is 2. The van der Waals surface area contributed by atoms with E-state index in [2.05, 4.69) is 4.98 Å². The minimum atomic E-state index is -3.29. The highest BCUT2D eigenvalue weighted by Crippen LogP contribution is 2.33. The predicted molar refractivity (Wildman–Crippen MR) is 91.5 cm³/mol. The molecule has 4 atom stereocenters. The standard InChI is InChI=1S/C15H23N3O7S/c1-9-7-18(15(20)16-13(9)19)14-12(24-3)11(23-2)10(25-14)8-17-5-4-6-26(17,21)22/h7,10-12,14H,4-6,8H2,1-3H3,(H,16,19,20)/t10-,11-,12-,14-/m1/s1. The summed E-state index contributed by atoms with van der Waals surface area (Å²) in [5.41, 5.74) is -0.749. The van der Waals surface area contributed by atoms with Crippen molar-refractivity contribution in [2.45, 2.75) is 37.9 Å². The maximum absolute atomic E-state index is 12.2. The summed E-state index contributed by atoms with van der Waals surface area (Å²) < 4.78 is 43.7. The summed E-state index contributed by atoms with van der Waals surface area (Å²) in [6.45, 7) is 2.13. The Balaban J connectivity index is 1.92. The summed E-state index contributed by atoms with van der Waals surface area (Å²) >= 11 is 0. The summed E-state index contributed by atoms with van der Waals surface area (Å²) in [6.07, 6.45) is -0.689. The first-order valence-corrected chi connectivity index (χ1v) is 9.90. The number of hydrogen-bond acceptors (Lipinski definition) is 7. The Bertz CT molecular complexity index is 878. The lowest BCUT2D eigenvalue weighted by Crippen LogP contribution is -2.42. The molecule has 0 saturated carbocycles. The van der Waals surface area contributed by atoms with Crippen LogP contribution < -0.4 is 11.2 Å². The van der Waals surface area contributed by atoms with E-state index in [4.69, 9.17) is 14.2 Å². The number of nitrogens with zero attached hydrogens (tertiary/aromatic N) is 2. The minimum Gasteiger partial charge on any atom is -0.376 e. The number of aromatic amines is 1. The number of rotatable bonds is 5. The van der Waals surface area contributed by atoms with Crippen molar-refractivity contribution < 1.29 is 22.6 Å². The van der Waals surface area contributed by atoms with Crippen LogP contribution in [0.5, 0.6) is 0 Å². The van der Waals surface area contributed by atoms with Gasteiger partial charge in [-0.2, -0.15) is 4.31 Å². The van der Waals surface area contributed by atoms with Crippen molar-refractivity contribution in [3.63, 3.8) is 0 Å². The molecule has 10 nitrogen and oxygen atoms in total. The number of aryl methyl sites for hydroxylation is 1.